The first kappa shape index (κ1) is 23.3. The number of carbonyl (C=O) groups excluding carboxylic acids is 1. The van der Waals surface area contributed by atoms with Crippen molar-refractivity contribution < 1.29 is 31.1 Å². The Labute approximate surface area is 179 Å². The lowest BCUT2D eigenvalue weighted by molar-refractivity contribution is -0.137. The summed E-state index contributed by atoms with van der Waals surface area (Å²) in [6.07, 6.45) is -3.51. The van der Waals surface area contributed by atoms with Gasteiger partial charge in [0.2, 0.25) is 10.0 Å². The molecular formula is C22H24F3NO4S. The zero-order chi connectivity index (χ0) is 22.8. The van der Waals surface area contributed by atoms with Crippen molar-refractivity contribution in [1.29, 1.82) is 0 Å². The van der Waals surface area contributed by atoms with Crippen molar-refractivity contribution >= 4 is 16.0 Å². The number of piperidine rings is 1. The molecule has 0 radical (unpaired) electrons. The van der Waals surface area contributed by atoms with Crippen molar-refractivity contribution in [3.05, 3.63) is 65.2 Å². The highest BCUT2D eigenvalue weighted by Crippen LogP contribution is 2.30. The number of nitrogens with zero attached hydrogens (tertiary/aromatic N) is 1. The van der Waals surface area contributed by atoms with Gasteiger partial charge in [0.25, 0.3) is 0 Å². The molecule has 0 saturated carbocycles. The molecule has 2 atom stereocenters. The molecule has 9 heteroatoms. The normalized spacial score (nSPS) is 20.4. The summed E-state index contributed by atoms with van der Waals surface area (Å²) in [5, 5.41) is 0. The zero-order valence-corrected chi connectivity index (χ0v) is 18.0. The Morgan fingerprint density at radius 2 is 1.68 bits per heavy atom. The van der Waals surface area contributed by atoms with Gasteiger partial charge in [0.15, 0.2) is 0 Å². The van der Waals surface area contributed by atoms with Gasteiger partial charge in [-0.05, 0) is 60.2 Å². The topological polar surface area (TPSA) is 63.7 Å². The molecule has 1 saturated heterocycles. The summed E-state index contributed by atoms with van der Waals surface area (Å²) in [7, 11) is -3.67. The van der Waals surface area contributed by atoms with Crippen LogP contribution < -0.4 is 0 Å². The summed E-state index contributed by atoms with van der Waals surface area (Å²) in [6, 6.07) is 9.92. The third-order valence-corrected chi connectivity index (χ3v) is 7.03. The number of carbonyl (C=O) groups is 1. The Kier molecular flexibility index (Phi) is 6.76. The minimum absolute atomic E-state index is 0.0863. The molecule has 0 amide bonds. The second kappa shape index (κ2) is 9.00. The number of ether oxygens (including phenoxy) is 1. The van der Waals surface area contributed by atoms with Gasteiger partial charge in [-0.2, -0.15) is 17.5 Å². The van der Waals surface area contributed by atoms with Gasteiger partial charge >= 0.3 is 12.1 Å². The van der Waals surface area contributed by atoms with Crippen LogP contribution in [-0.4, -0.2) is 31.8 Å². The van der Waals surface area contributed by atoms with Gasteiger partial charge in [-0.25, -0.2) is 13.2 Å². The highest BCUT2D eigenvalue weighted by atomic mass is 32.2. The second-order valence-electron chi connectivity index (χ2n) is 8.07. The predicted molar refractivity (Wildman–Crippen MR) is 109 cm³/mol. The summed E-state index contributed by atoms with van der Waals surface area (Å²) in [5.41, 5.74) is -0.501. The van der Waals surface area contributed by atoms with Crippen LogP contribution in [0, 0.1) is 11.8 Å². The van der Waals surface area contributed by atoms with Gasteiger partial charge in [0.05, 0.1) is 16.0 Å². The van der Waals surface area contributed by atoms with Crippen LogP contribution in [0.2, 0.25) is 0 Å². The van der Waals surface area contributed by atoms with Crippen molar-refractivity contribution in [3.8, 4) is 0 Å². The highest BCUT2D eigenvalue weighted by molar-refractivity contribution is 7.89. The van der Waals surface area contributed by atoms with Crippen molar-refractivity contribution in [2.75, 3.05) is 13.1 Å². The third kappa shape index (κ3) is 5.65. The fourth-order valence-corrected chi connectivity index (χ4v) is 5.46. The molecule has 0 bridgehead atoms. The number of rotatable bonds is 5. The van der Waals surface area contributed by atoms with Gasteiger partial charge in [0, 0.05) is 13.1 Å². The SMILES string of the molecule is CC1CC(C)CN(S(=O)(=O)c2ccc(C(=O)OCc3cccc(C(F)(F)F)c3)cc2)C1. The van der Waals surface area contributed by atoms with Crippen LogP contribution in [0.4, 0.5) is 13.2 Å². The molecular weight excluding hydrogens is 431 g/mol. The van der Waals surface area contributed by atoms with Crippen LogP contribution in [-0.2, 0) is 27.5 Å². The molecule has 31 heavy (non-hydrogen) atoms. The van der Waals surface area contributed by atoms with E-state index in [0.29, 0.717) is 13.1 Å². The fourth-order valence-electron chi connectivity index (χ4n) is 3.78. The lowest BCUT2D eigenvalue weighted by atomic mass is 9.94. The van der Waals surface area contributed by atoms with Gasteiger partial charge in [-0.3, -0.25) is 0 Å². The van der Waals surface area contributed by atoms with Crippen LogP contribution in [0.25, 0.3) is 0 Å². The van der Waals surface area contributed by atoms with E-state index in [0.717, 1.165) is 18.6 Å². The van der Waals surface area contributed by atoms with E-state index in [2.05, 4.69) is 0 Å². The minimum atomic E-state index is -4.48. The van der Waals surface area contributed by atoms with E-state index >= 15 is 0 Å². The average molecular weight is 455 g/mol. The summed E-state index contributed by atoms with van der Waals surface area (Å²) in [6.45, 7) is 4.61. The maximum atomic E-state index is 12.9. The molecule has 1 aliphatic heterocycles. The Morgan fingerprint density at radius 1 is 1.06 bits per heavy atom. The fraction of sp³-hybridized carbons (Fsp3) is 0.409. The molecule has 1 heterocycles. The first-order chi connectivity index (χ1) is 14.5. The predicted octanol–water partition coefficient (Wildman–Crippen LogP) is 4.73. The molecule has 3 rings (SSSR count). The molecule has 0 N–H and O–H groups in total. The summed E-state index contributed by atoms with van der Waals surface area (Å²) in [5.74, 6) is -0.214. The van der Waals surface area contributed by atoms with E-state index in [1.807, 2.05) is 13.8 Å². The van der Waals surface area contributed by atoms with Crippen molar-refractivity contribution in [3.63, 3.8) is 0 Å². The van der Waals surface area contributed by atoms with Crippen LogP contribution in [0.3, 0.4) is 0 Å². The van der Waals surface area contributed by atoms with Gasteiger partial charge in [-0.15, -0.1) is 0 Å². The number of hydrogen-bond acceptors (Lipinski definition) is 4. The summed E-state index contributed by atoms with van der Waals surface area (Å²) in [4.78, 5) is 12.3. The largest absolute Gasteiger partial charge is 0.457 e. The number of sulfonamides is 1. The lowest BCUT2D eigenvalue weighted by Gasteiger charge is -2.34. The van der Waals surface area contributed by atoms with Crippen molar-refractivity contribution in [2.24, 2.45) is 11.8 Å². The van der Waals surface area contributed by atoms with Gasteiger partial charge in [0.1, 0.15) is 6.61 Å². The van der Waals surface area contributed by atoms with E-state index in [1.165, 1.54) is 40.7 Å². The molecule has 2 aromatic carbocycles. The number of alkyl halides is 3. The molecule has 168 valence electrons. The van der Waals surface area contributed by atoms with E-state index in [9.17, 15) is 26.4 Å². The Balaban J connectivity index is 1.66. The van der Waals surface area contributed by atoms with E-state index < -0.39 is 27.7 Å². The first-order valence-electron chi connectivity index (χ1n) is 9.90. The summed E-state index contributed by atoms with van der Waals surface area (Å²) < 4.78 is 70.7. The van der Waals surface area contributed by atoms with E-state index in [1.54, 1.807) is 0 Å². The smallest absolute Gasteiger partial charge is 0.416 e. The quantitative estimate of drug-likeness (QED) is 0.612. The van der Waals surface area contributed by atoms with Crippen LogP contribution in [0.15, 0.2) is 53.4 Å². The Morgan fingerprint density at radius 3 is 2.26 bits per heavy atom. The highest BCUT2D eigenvalue weighted by Gasteiger charge is 2.32. The lowest BCUT2D eigenvalue weighted by Crippen LogP contribution is -2.42. The van der Waals surface area contributed by atoms with Crippen molar-refractivity contribution in [2.45, 2.75) is 37.9 Å². The standard InChI is InChI=1S/C22H24F3NO4S/c1-15-10-16(2)13-26(12-15)31(28,29)20-8-6-18(7-9-20)21(27)30-14-17-4-3-5-19(11-17)22(23,24)25/h3-9,11,15-16H,10,12-14H2,1-2H3. The molecule has 5 nitrogen and oxygen atoms in total. The van der Waals surface area contributed by atoms with Gasteiger partial charge in [-0.1, -0.05) is 26.0 Å². The second-order valence-corrected chi connectivity index (χ2v) is 10.0. The Hall–Kier alpha value is -2.39. The summed E-state index contributed by atoms with van der Waals surface area (Å²) >= 11 is 0. The van der Waals surface area contributed by atoms with Crippen LogP contribution in [0.5, 0.6) is 0 Å². The molecule has 0 aliphatic carbocycles. The molecule has 0 aromatic heterocycles. The van der Waals surface area contributed by atoms with Crippen LogP contribution in [0.1, 0.15) is 41.8 Å². The molecule has 2 unspecified atom stereocenters. The molecule has 2 aromatic rings. The third-order valence-electron chi connectivity index (χ3n) is 5.19. The molecule has 1 fully saturated rings. The maximum absolute atomic E-state index is 12.9. The number of benzene rings is 2. The number of halogens is 3. The first-order valence-corrected chi connectivity index (χ1v) is 11.3. The maximum Gasteiger partial charge on any atom is 0.416 e. The number of esters is 1. The zero-order valence-electron chi connectivity index (χ0n) is 17.2. The molecule has 1 aliphatic rings. The number of hydrogen-bond donors (Lipinski definition) is 0. The van der Waals surface area contributed by atoms with E-state index in [4.69, 9.17) is 4.74 Å². The monoisotopic (exact) mass is 455 g/mol. The minimum Gasteiger partial charge on any atom is -0.457 e. The molecule has 0 spiro atoms. The van der Waals surface area contributed by atoms with Crippen molar-refractivity contribution in [1.82, 2.24) is 4.31 Å². The van der Waals surface area contributed by atoms with Gasteiger partial charge < -0.3 is 4.74 Å². The Bertz CT molecular complexity index is 1030. The van der Waals surface area contributed by atoms with E-state index in [-0.39, 0.29) is 34.5 Å². The average Bonchev–Trinajstić information content (AvgIpc) is 2.71. The van der Waals surface area contributed by atoms with Crippen LogP contribution >= 0.6 is 0 Å².